The lowest BCUT2D eigenvalue weighted by Crippen LogP contribution is -1.94. The van der Waals surface area contributed by atoms with Crippen LogP contribution in [0.2, 0.25) is 0 Å². The molecule has 0 aliphatic rings. The standard InChI is InChI=1S/C19H16N2/c1-3-10-17(11-4-1)20-15-16-9-7-8-14-19(16)21-18-12-5-2-6-13-18/h1-15,21H. The van der Waals surface area contributed by atoms with Crippen molar-refractivity contribution < 1.29 is 0 Å². The van der Waals surface area contributed by atoms with Crippen molar-refractivity contribution in [2.24, 2.45) is 4.99 Å². The molecular formula is C19H16N2. The lowest BCUT2D eigenvalue weighted by molar-refractivity contribution is 1.50. The fourth-order valence-electron chi connectivity index (χ4n) is 2.06. The Morgan fingerprint density at radius 3 is 2.05 bits per heavy atom. The first-order valence-corrected chi connectivity index (χ1v) is 6.92. The third-order valence-electron chi connectivity index (χ3n) is 3.12. The van der Waals surface area contributed by atoms with E-state index in [2.05, 4.69) is 22.4 Å². The minimum atomic E-state index is 0.951. The Kier molecular flexibility index (Phi) is 4.08. The lowest BCUT2D eigenvalue weighted by Gasteiger charge is -2.09. The Balaban J connectivity index is 1.84. The minimum Gasteiger partial charge on any atom is -0.355 e. The lowest BCUT2D eigenvalue weighted by atomic mass is 10.2. The van der Waals surface area contributed by atoms with E-state index < -0.39 is 0 Å². The summed E-state index contributed by atoms with van der Waals surface area (Å²) >= 11 is 0. The van der Waals surface area contributed by atoms with Crippen LogP contribution in [0.25, 0.3) is 0 Å². The molecule has 0 aromatic heterocycles. The SMILES string of the molecule is C(=Nc1ccccc1)c1ccccc1Nc1ccccc1. The number of anilines is 2. The number of hydrogen-bond acceptors (Lipinski definition) is 2. The summed E-state index contributed by atoms with van der Waals surface area (Å²) in [5.74, 6) is 0. The predicted molar refractivity (Wildman–Crippen MR) is 89.9 cm³/mol. The smallest absolute Gasteiger partial charge is 0.0629 e. The van der Waals surface area contributed by atoms with Gasteiger partial charge in [-0.3, -0.25) is 4.99 Å². The quantitative estimate of drug-likeness (QED) is 0.650. The first kappa shape index (κ1) is 13.1. The van der Waals surface area contributed by atoms with Crippen molar-refractivity contribution in [3.05, 3.63) is 90.5 Å². The topological polar surface area (TPSA) is 24.4 Å². The highest BCUT2D eigenvalue weighted by Gasteiger charge is 1.99. The second kappa shape index (κ2) is 6.53. The molecule has 1 N–H and O–H groups in total. The highest BCUT2D eigenvalue weighted by Crippen LogP contribution is 2.20. The van der Waals surface area contributed by atoms with Crippen molar-refractivity contribution in [2.45, 2.75) is 0 Å². The average Bonchev–Trinajstić information content (AvgIpc) is 2.56. The Morgan fingerprint density at radius 1 is 0.667 bits per heavy atom. The normalized spacial score (nSPS) is 10.7. The molecule has 0 aliphatic carbocycles. The van der Waals surface area contributed by atoms with Crippen molar-refractivity contribution in [1.82, 2.24) is 0 Å². The molecule has 3 aromatic rings. The zero-order chi connectivity index (χ0) is 14.3. The van der Waals surface area contributed by atoms with Gasteiger partial charge in [-0.25, -0.2) is 0 Å². The summed E-state index contributed by atoms with van der Waals surface area (Å²) in [7, 11) is 0. The van der Waals surface area contributed by atoms with Gasteiger partial charge in [-0.2, -0.15) is 0 Å². The van der Waals surface area contributed by atoms with Gasteiger partial charge in [-0.1, -0.05) is 54.6 Å². The molecule has 0 heterocycles. The summed E-state index contributed by atoms with van der Waals surface area (Å²) < 4.78 is 0. The van der Waals surface area contributed by atoms with Crippen LogP contribution in [-0.4, -0.2) is 6.21 Å². The van der Waals surface area contributed by atoms with Gasteiger partial charge < -0.3 is 5.32 Å². The van der Waals surface area contributed by atoms with Crippen LogP contribution in [0.1, 0.15) is 5.56 Å². The van der Waals surface area contributed by atoms with Crippen LogP contribution in [0.15, 0.2) is 89.9 Å². The van der Waals surface area contributed by atoms with E-state index in [0.29, 0.717) is 0 Å². The van der Waals surface area contributed by atoms with E-state index in [1.54, 1.807) is 0 Å². The molecule has 0 radical (unpaired) electrons. The molecule has 0 aliphatic heterocycles. The number of benzene rings is 3. The van der Waals surface area contributed by atoms with Gasteiger partial charge in [0.25, 0.3) is 0 Å². The van der Waals surface area contributed by atoms with Crippen LogP contribution in [0.5, 0.6) is 0 Å². The summed E-state index contributed by atoms with van der Waals surface area (Å²) in [4.78, 5) is 4.51. The molecule has 3 rings (SSSR count). The van der Waals surface area contributed by atoms with Crippen molar-refractivity contribution >= 4 is 23.3 Å². The zero-order valence-electron chi connectivity index (χ0n) is 11.6. The molecule has 0 bridgehead atoms. The maximum absolute atomic E-state index is 4.51. The Labute approximate surface area is 124 Å². The Hall–Kier alpha value is -2.87. The van der Waals surface area contributed by atoms with Crippen LogP contribution in [0.3, 0.4) is 0 Å². The molecule has 0 unspecified atom stereocenters. The molecule has 21 heavy (non-hydrogen) atoms. The predicted octanol–water partition coefficient (Wildman–Crippen LogP) is 5.18. The summed E-state index contributed by atoms with van der Waals surface area (Å²) in [6, 6.07) is 28.2. The van der Waals surface area contributed by atoms with E-state index >= 15 is 0 Å². The number of rotatable bonds is 4. The highest BCUT2D eigenvalue weighted by molar-refractivity contribution is 5.90. The molecule has 0 atom stereocenters. The van der Waals surface area contributed by atoms with Crippen LogP contribution in [-0.2, 0) is 0 Å². The molecule has 102 valence electrons. The summed E-state index contributed by atoms with van der Waals surface area (Å²) in [5.41, 5.74) is 4.12. The molecule has 2 nitrogen and oxygen atoms in total. The Bertz CT molecular complexity index is 719. The minimum absolute atomic E-state index is 0.951. The largest absolute Gasteiger partial charge is 0.355 e. The monoisotopic (exact) mass is 272 g/mol. The third-order valence-corrected chi connectivity index (χ3v) is 3.12. The van der Waals surface area contributed by atoms with E-state index in [9.17, 15) is 0 Å². The van der Waals surface area contributed by atoms with Crippen molar-refractivity contribution in [2.75, 3.05) is 5.32 Å². The Morgan fingerprint density at radius 2 is 1.29 bits per heavy atom. The van der Waals surface area contributed by atoms with Gasteiger partial charge in [0, 0.05) is 23.2 Å². The van der Waals surface area contributed by atoms with Gasteiger partial charge in [0.2, 0.25) is 0 Å². The summed E-state index contributed by atoms with van der Waals surface area (Å²) in [5, 5.41) is 3.42. The molecule has 3 aromatic carbocycles. The van der Waals surface area contributed by atoms with E-state index in [1.807, 2.05) is 79.0 Å². The summed E-state index contributed by atoms with van der Waals surface area (Å²) in [6.45, 7) is 0. The van der Waals surface area contributed by atoms with Crippen LogP contribution in [0, 0.1) is 0 Å². The van der Waals surface area contributed by atoms with Gasteiger partial charge in [-0.15, -0.1) is 0 Å². The number of aliphatic imine (C=N–C) groups is 1. The zero-order valence-corrected chi connectivity index (χ0v) is 11.6. The van der Waals surface area contributed by atoms with Gasteiger partial charge in [0.15, 0.2) is 0 Å². The molecule has 0 spiro atoms. The molecule has 0 amide bonds. The fraction of sp³-hybridized carbons (Fsp3) is 0. The highest BCUT2D eigenvalue weighted by atomic mass is 14.9. The van der Waals surface area contributed by atoms with E-state index in [4.69, 9.17) is 0 Å². The van der Waals surface area contributed by atoms with Crippen LogP contribution >= 0.6 is 0 Å². The van der Waals surface area contributed by atoms with Crippen molar-refractivity contribution in [1.29, 1.82) is 0 Å². The van der Waals surface area contributed by atoms with Crippen molar-refractivity contribution in [3.63, 3.8) is 0 Å². The van der Waals surface area contributed by atoms with Crippen LogP contribution < -0.4 is 5.32 Å². The van der Waals surface area contributed by atoms with Gasteiger partial charge in [0.1, 0.15) is 0 Å². The number of hydrogen-bond donors (Lipinski definition) is 1. The number of nitrogens with one attached hydrogen (secondary N) is 1. The van der Waals surface area contributed by atoms with E-state index in [1.165, 1.54) is 0 Å². The average molecular weight is 272 g/mol. The molecule has 0 fully saturated rings. The van der Waals surface area contributed by atoms with Gasteiger partial charge in [0.05, 0.1) is 5.69 Å². The van der Waals surface area contributed by atoms with E-state index in [0.717, 1.165) is 22.6 Å². The van der Waals surface area contributed by atoms with Crippen molar-refractivity contribution in [3.8, 4) is 0 Å². The molecule has 0 saturated carbocycles. The van der Waals surface area contributed by atoms with Gasteiger partial charge >= 0.3 is 0 Å². The number of para-hydroxylation sites is 3. The second-order valence-electron chi connectivity index (χ2n) is 4.67. The first-order valence-electron chi connectivity index (χ1n) is 6.92. The fourth-order valence-corrected chi connectivity index (χ4v) is 2.06. The second-order valence-corrected chi connectivity index (χ2v) is 4.67. The van der Waals surface area contributed by atoms with Crippen LogP contribution in [0.4, 0.5) is 17.1 Å². The maximum atomic E-state index is 4.51. The van der Waals surface area contributed by atoms with Gasteiger partial charge in [-0.05, 0) is 30.3 Å². The molecule has 0 saturated heterocycles. The molecular weight excluding hydrogens is 256 g/mol. The first-order chi connectivity index (χ1) is 10.4. The summed E-state index contributed by atoms with van der Waals surface area (Å²) in [6.07, 6.45) is 1.89. The molecule has 2 heteroatoms. The third kappa shape index (κ3) is 3.57. The number of nitrogens with zero attached hydrogens (tertiary/aromatic N) is 1. The maximum Gasteiger partial charge on any atom is 0.0629 e. The van der Waals surface area contributed by atoms with E-state index in [-0.39, 0.29) is 0 Å².